The minimum absolute atomic E-state index is 0. The molecule has 0 bridgehead atoms. The Labute approximate surface area is 284 Å². The highest BCUT2D eigenvalue weighted by atomic mass is 35.5. The highest BCUT2D eigenvalue weighted by molar-refractivity contribution is 6.60. The number of nitrogens with one attached hydrogen (secondary N) is 2. The maximum absolute atomic E-state index is 9.46. The topological polar surface area (TPSA) is 151 Å². The van der Waals surface area contributed by atoms with Gasteiger partial charge in [0.05, 0.1) is 19.8 Å². The summed E-state index contributed by atoms with van der Waals surface area (Å²) in [5.74, 6) is 1.03. The van der Waals surface area contributed by atoms with Crippen molar-refractivity contribution in [3.8, 4) is 17.2 Å². The highest BCUT2D eigenvalue weighted by Gasteiger charge is 2.37. The summed E-state index contributed by atoms with van der Waals surface area (Å²) in [7, 11) is 9.29. The van der Waals surface area contributed by atoms with Crippen LogP contribution in [0.4, 0.5) is 0 Å². The van der Waals surface area contributed by atoms with Gasteiger partial charge in [-0.15, -0.1) is 0 Å². The summed E-state index contributed by atoms with van der Waals surface area (Å²) in [5.41, 5.74) is 0.230. The zero-order valence-electron chi connectivity index (χ0n) is 29.2. The summed E-state index contributed by atoms with van der Waals surface area (Å²) >= 11 is 0. The van der Waals surface area contributed by atoms with Gasteiger partial charge in [0.25, 0.3) is 0 Å². The third-order valence-electron chi connectivity index (χ3n) is 6.57. The predicted octanol–water partition coefficient (Wildman–Crippen LogP) is -1.47. The first-order valence-corrected chi connectivity index (χ1v) is 17.4. The Bertz CT molecular complexity index is 791. The summed E-state index contributed by atoms with van der Waals surface area (Å²) in [6, 6.07) is 3.84. The Morgan fingerprint density at radius 2 is 1.22 bits per heavy atom. The number of hydrogen-bond donors (Lipinski definition) is 4. The molecule has 0 heterocycles. The fourth-order valence-corrected chi connectivity index (χ4v) is 5.72. The fraction of sp³-hybridized carbons (Fsp3) is 0.800. The van der Waals surface area contributed by atoms with Crippen LogP contribution in [0.1, 0.15) is 31.6 Å². The standard InChI is InChI=1S/C16H26O8.C14H35N3O3Si.ClH/c1-19-4-7-22-13-10-12(16(17)18)11-14(23-8-5-20-2)15(13)24-9-6-21-3;1-6-8-16-10-13-17(12-9-15-2)11-7-14-21(18-3,19-4)20-5;/h10-11,16-18H,4-9H2,1-3H3;15-16H,6-14H2,1-5H3;1H/p-1. The van der Waals surface area contributed by atoms with Gasteiger partial charge in [-0.05, 0) is 45.1 Å². The molecule has 0 aliphatic rings. The van der Waals surface area contributed by atoms with Crippen LogP contribution in [-0.2, 0) is 27.5 Å². The maximum atomic E-state index is 9.46. The van der Waals surface area contributed by atoms with E-state index in [0.717, 1.165) is 51.7 Å². The number of methoxy groups -OCH3 is 3. The lowest BCUT2D eigenvalue weighted by atomic mass is 10.1. The highest BCUT2D eigenvalue weighted by Crippen LogP contribution is 2.40. The Morgan fingerprint density at radius 1 is 0.717 bits per heavy atom. The minimum Gasteiger partial charge on any atom is -1.00 e. The molecule has 0 aromatic heterocycles. The van der Waals surface area contributed by atoms with Crippen molar-refractivity contribution in [3.63, 3.8) is 0 Å². The molecular weight excluding hydrogens is 642 g/mol. The van der Waals surface area contributed by atoms with Crippen molar-refractivity contribution in [2.75, 3.05) is 129 Å². The van der Waals surface area contributed by atoms with Gasteiger partial charge >= 0.3 is 8.80 Å². The molecule has 0 fully saturated rings. The van der Waals surface area contributed by atoms with Crippen molar-refractivity contribution in [1.82, 2.24) is 15.5 Å². The van der Waals surface area contributed by atoms with Crippen LogP contribution in [0.3, 0.4) is 0 Å². The zero-order chi connectivity index (χ0) is 33.8. The Hall–Kier alpha value is -1.31. The van der Waals surface area contributed by atoms with Gasteiger partial charge < -0.3 is 79.9 Å². The third-order valence-corrected chi connectivity index (χ3v) is 9.40. The van der Waals surface area contributed by atoms with E-state index in [1.807, 2.05) is 7.05 Å². The van der Waals surface area contributed by atoms with Crippen LogP contribution >= 0.6 is 0 Å². The first-order chi connectivity index (χ1) is 21.8. The van der Waals surface area contributed by atoms with E-state index in [4.69, 9.17) is 41.7 Å². The lowest BCUT2D eigenvalue weighted by Gasteiger charge is -2.27. The molecule has 4 N–H and O–H groups in total. The maximum Gasteiger partial charge on any atom is 0.500 e. The summed E-state index contributed by atoms with van der Waals surface area (Å²) < 4.78 is 48.2. The molecule has 0 aliphatic heterocycles. The number of rotatable bonds is 28. The lowest BCUT2D eigenvalue weighted by Crippen LogP contribution is -3.00. The Balaban J connectivity index is 0. The average Bonchev–Trinajstić information content (AvgIpc) is 3.05. The van der Waals surface area contributed by atoms with Gasteiger partial charge in [0.2, 0.25) is 5.75 Å². The van der Waals surface area contributed by atoms with E-state index >= 15 is 0 Å². The molecule has 0 amide bonds. The van der Waals surface area contributed by atoms with E-state index in [9.17, 15) is 10.2 Å². The normalized spacial score (nSPS) is 11.3. The van der Waals surface area contributed by atoms with Crippen LogP contribution in [0.2, 0.25) is 6.04 Å². The summed E-state index contributed by atoms with van der Waals surface area (Å²) in [6.07, 6.45) is 0.548. The SMILES string of the molecule is CCCNCCN(CCC[Si](OC)(OC)OC)CCNC.COCCOc1cc(C(O)O)cc(OCCOC)c1OCCOC.[Cl-]. The lowest BCUT2D eigenvalue weighted by molar-refractivity contribution is -0.0429. The second-order valence-corrected chi connectivity index (χ2v) is 12.9. The van der Waals surface area contributed by atoms with E-state index in [2.05, 4.69) is 22.5 Å². The van der Waals surface area contributed by atoms with Crippen LogP contribution in [0.25, 0.3) is 0 Å². The number of nitrogens with zero attached hydrogens (tertiary/aromatic N) is 1. The molecule has 0 radical (unpaired) electrons. The number of likely N-dealkylation sites (N-methyl/N-ethyl adjacent to an activating group) is 1. The van der Waals surface area contributed by atoms with E-state index in [-0.39, 0.29) is 31.2 Å². The first-order valence-electron chi connectivity index (χ1n) is 15.4. The number of halogens is 1. The van der Waals surface area contributed by atoms with Crippen molar-refractivity contribution in [2.45, 2.75) is 32.1 Å². The summed E-state index contributed by atoms with van der Waals surface area (Å²) in [4.78, 5) is 2.47. The van der Waals surface area contributed by atoms with E-state index in [1.165, 1.54) is 18.6 Å². The number of hydrogen-bond acceptors (Lipinski definition) is 14. The molecule has 1 rings (SSSR count). The molecule has 274 valence electrons. The van der Waals surface area contributed by atoms with Crippen molar-refractivity contribution in [1.29, 1.82) is 0 Å². The quantitative estimate of drug-likeness (QED) is 0.0457. The summed E-state index contributed by atoms with van der Waals surface area (Å²) in [5, 5.41) is 25.6. The molecule has 0 atom stereocenters. The van der Waals surface area contributed by atoms with Crippen LogP contribution < -0.4 is 37.3 Å². The molecule has 0 spiro atoms. The monoisotopic (exact) mass is 702 g/mol. The molecular formula is C30H61ClN3O11Si-. The van der Waals surface area contributed by atoms with E-state index in [1.54, 1.807) is 42.7 Å². The molecule has 0 aliphatic carbocycles. The minimum atomic E-state index is -2.42. The zero-order valence-corrected chi connectivity index (χ0v) is 31.0. The largest absolute Gasteiger partial charge is 1.00 e. The van der Waals surface area contributed by atoms with Gasteiger partial charge in [-0.1, -0.05) is 6.92 Å². The van der Waals surface area contributed by atoms with Crippen LogP contribution in [-0.4, -0.2) is 153 Å². The van der Waals surface area contributed by atoms with Crippen molar-refractivity contribution < 1.29 is 64.3 Å². The van der Waals surface area contributed by atoms with Gasteiger partial charge in [-0.25, -0.2) is 0 Å². The van der Waals surface area contributed by atoms with Crippen molar-refractivity contribution in [2.24, 2.45) is 0 Å². The predicted molar refractivity (Wildman–Crippen MR) is 175 cm³/mol. The van der Waals surface area contributed by atoms with Crippen LogP contribution in [0.15, 0.2) is 12.1 Å². The van der Waals surface area contributed by atoms with Gasteiger partial charge in [0.1, 0.15) is 19.8 Å². The molecule has 1 aromatic rings. The number of benzene rings is 1. The van der Waals surface area contributed by atoms with Gasteiger partial charge in [-0.3, -0.25) is 0 Å². The van der Waals surface area contributed by atoms with Gasteiger partial charge in [0.15, 0.2) is 17.8 Å². The van der Waals surface area contributed by atoms with E-state index in [0.29, 0.717) is 43.7 Å². The van der Waals surface area contributed by atoms with Crippen LogP contribution in [0.5, 0.6) is 17.2 Å². The molecule has 0 saturated heterocycles. The fourth-order valence-electron chi connectivity index (χ4n) is 4.02. The molecule has 16 heteroatoms. The Morgan fingerprint density at radius 3 is 1.65 bits per heavy atom. The second kappa shape index (κ2) is 31.0. The average molecular weight is 703 g/mol. The molecule has 46 heavy (non-hydrogen) atoms. The molecule has 0 saturated carbocycles. The van der Waals surface area contributed by atoms with Gasteiger partial charge in [-0.2, -0.15) is 0 Å². The first kappa shape index (κ1) is 46.8. The molecule has 14 nitrogen and oxygen atoms in total. The third kappa shape index (κ3) is 20.8. The van der Waals surface area contributed by atoms with Crippen molar-refractivity contribution in [3.05, 3.63) is 17.7 Å². The second-order valence-electron chi connectivity index (χ2n) is 9.84. The molecule has 0 unspecified atom stereocenters. The number of aliphatic hydroxyl groups is 2. The van der Waals surface area contributed by atoms with Crippen molar-refractivity contribution >= 4 is 8.80 Å². The number of aliphatic hydroxyl groups excluding tert-OH is 1. The molecule has 1 aromatic carbocycles. The summed E-state index contributed by atoms with van der Waals surface area (Å²) in [6.45, 7) is 10.5. The smallest absolute Gasteiger partial charge is 0.500 e. The van der Waals surface area contributed by atoms with Crippen LogP contribution in [0, 0.1) is 0 Å². The van der Waals surface area contributed by atoms with E-state index < -0.39 is 15.1 Å². The number of ether oxygens (including phenoxy) is 6. The van der Waals surface area contributed by atoms with Gasteiger partial charge in [0, 0.05) is 80.4 Å². The Kier molecular flexibility index (Phi) is 31.5.